The average molecular weight is 405 g/mol. The number of benzene rings is 1. The summed E-state index contributed by atoms with van der Waals surface area (Å²) in [6.07, 6.45) is 3.16. The fourth-order valence-electron chi connectivity index (χ4n) is 3.02. The first-order valence-electron chi connectivity index (χ1n) is 9.24. The van der Waals surface area contributed by atoms with Gasteiger partial charge in [0.05, 0.1) is 24.9 Å². The minimum Gasteiger partial charge on any atom is -0.467 e. The molecule has 0 fully saturated rings. The number of aryl methyl sites for hydroxylation is 1. The Kier molecular flexibility index (Phi) is 5.17. The van der Waals surface area contributed by atoms with Crippen molar-refractivity contribution >= 4 is 23.0 Å². The van der Waals surface area contributed by atoms with Gasteiger partial charge in [0, 0.05) is 24.4 Å². The van der Waals surface area contributed by atoms with Crippen LogP contribution in [0.5, 0.6) is 0 Å². The maximum atomic E-state index is 12.5. The van der Waals surface area contributed by atoms with Gasteiger partial charge >= 0.3 is 5.69 Å². The van der Waals surface area contributed by atoms with Crippen LogP contribution in [0.3, 0.4) is 0 Å². The number of aromatic nitrogens is 3. The number of nitrogens with zero attached hydrogens (tertiary/aromatic N) is 2. The summed E-state index contributed by atoms with van der Waals surface area (Å²) in [4.78, 5) is 43.1. The molecule has 0 spiro atoms. The zero-order chi connectivity index (χ0) is 21.1. The lowest BCUT2D eigenvalue weighted by atomic mass is 10.0. The Balaban J connectivity index is 1.43. The van der Waals surface area contributed by atoms with Gasteiger partial charge in [-0.05, 0) is 35.9 Å². The molecule has 4 aromatic rings. The first-order valence-corrected chi connectivity index (χ1v) is 9.24. The molecule has 30 heavy (non-hydrogen) atoms. The third-order valence-corrected chi connectivity index (χ3v) is 4.67. The van der Waals surface area contributed by atoms with Crippen molar-refractivity contribution in [3.05, 3.63) is 76.7 Å². The molecule has 0 aliphatic heterocycles. The molecule has 0 saturated carbocycles. The fourth-order valence-corrected chi connectivity index (χ4v) is 3.02. The van der Waals surface area contributed by atoms with E-state index >= 15 is 0 Å². The van der Waals surface area contributed by atoms with E-state index in [2.05, 4.69) is 20.6 Å². The van der Waals surface area contributed by atoms with Crippen LogP contribution in [0.15, 0.2) is 64.1 Å². The predicted molar refractivity (Wildman–Crippen MR) is 110 cm³/mol. The number of rotatable bonds is 6. The molecule has 0 unspecified atom stereocenters. The van der Waals surface area contributed by atoms with Crippen LogP contribution < -0.4 is 16.3 Å². The second-order valence-corrected chi connectivity index (χ2v) is 6.70. The number of carbonyl (C=O) groups is 2. The van der Waals surface area contributed by atoms with Crippen molar-refractivity contribution in [3.8, 4) is 11.1 Å². The first kappa shape index (κ1) is 19.2. The number of amides is 2. The summed E-state index contributed by atoms with van der Waals surface area (Å²) < 4.78 is 6.62. The van der Waals surface area contributed by atoms with Gasteiger partial charge < -0.3 is 15.1 Å². The molecular formula is C21H19N5O4. The average Bonchev–Trinajstić information content (AvgIpc) is 3.38. The van der Waals surface area contributed by atoms with E-state index in [4.69, 9.17) is 4.42 Å². The van der Waals surface area contributed by atoms with Crippen molar-refractivity contribution < 1.29 is 14.0 Å². The summed E-state index contributed by atoms with van der Waals surface area (Å²) in [6.45, 7) is 0.108. The van der Waals surface area contributed by atoms with Crippen molar-refractivity contribution in [2.24, 2.45) is 7.05 Å². The van der Waals surface area contributed by atoms with E-state index in [1.807, 2.05) is 12.1 Å². The number of hydrogen-bond acceptors (Lipinski definition) is 5. The van der Waals surface area contributed by atoms with Gasteiger partial charge in [0.15, 0.2) is 5.65 Å². The highest BCUT2D eigenvalue weighted by atomic mass is 16.3. The van der Waals surface area contributed by atoms with Crippen LogP contribution in [-0.4, -0.2) is 32.9 Å². The molecular weight excluding hydrogens is 386 g/mol. The van der Waals surface area contributed by atoms with E-state index in [0.717, 1.165) is 11.1 Å². The van der Waals surface area contributed by atoms with Crippen molar-refractivity contribution in [1.29, 1.82) is 0 Å². The Labute approximate surface area is 170 Å². The SMILES string of the molecule is Cn1c(=O)[nH]c2ncc(-c3cccc(C(=O)NCC(=O)NCc4ccco4)c3)cc21. The van der Waals surface area contributed by atoms with Gasteiger partial charge in [0.2, 0.25) is 5.91 Å². The Morgan fingerprint density at radius 3 is 2.80 bits per heavy atom. The third kappa shape index (κ3) is 4.00. The minimum absolute atomic E-state index is 0.150. The second kappa shape index (κ2) is 8.08. The molecule has 3 aromatic heterocycles. The number of pyridine rings is 1. The number of nitrogens with one attached hydrogen (secondary N) is 3. The smallest absolute Gasteiger partial charge is 0.327 e. The van der Waals surface area contributed by atoms with Gasteiger partial charge in [-0.3, -0.25) is 19.1 Å². The summed E-state index contributed by atoms with van der Waals surface area (Å²) in [7, 11) is 1.66. The maximum Gasteiger partial charge on any atom is 0.327 e. The van der Waals surface area contributed by atoms with E-state index < -0.39 is 0 Å². The zero-order valence-corrected chi connectivity index (χ0v) is 16.1. The van der Waals surface area contributed by atoms with E-state index in [9.17, 15) is 14.4 Å². The number of fused-ring (bicyclic) bond motifs is 1. The molecule has 1 aromatic carbocycles. The number of furan rings is 1. The maximum absolute atomic E-state index is 12.5. The standard InChI is InChI=1S/C21H19N5O4/c1-26-17-9-15(10-23-19(17)25-21(26)29)13-4-2-5-14(8-13)20(28)24-12-18(27)22-11-16-6-3-7-30-16/h2-10H,11-12H2,1H3,(H,22,27)(H,24,28)(H,23,25,29). The molecule has 0 aliphatic carbocycles. The zero-order valence-electron chi connectivity index (χ0n) is 16.1. The molecule has 152 valence electrons. The molecule has 9 nitrogen and oxygen atoms in total. The van der Waals surface area contributed by atoms with Gasteiger partial charge in [-0.2, -0.15) is 0 Å². The van der Waals surface area contributed by atoms with Gasteiger partial charge in [0.25, 0.3) is 5.91 Å². The highest BCUT2D eigenvalue weighted by Gasteiger charge is 2.11. The van der Waals surface area contributed by atoms with E-state index in [1.165, 1.54) is 10.8 Å². The van der Waals surface area contributed by atoms with Crippen molar-refractivity contribution in [2.45, 2.75) is 6.54 Å². The molecule has 4 rings (SSSR count). The predicted octanol–water partition coefficient (Wildman–Crippen LogP) is 1.57. The van der Waals surface area contributed by atoms with Crippen molar-refractivity contribution in [1.82, 2.24) is 25.2 Å². The summed E-state index contributed by atoms with van der Waals surface area (Å²) in [6, 6.07) is 12.3. The quantitative estimate of drug-likeness (QED) is 0.449. The Bertz CT molecular complexity index is 1270. The van der Waals surface area contributed by atoms with Crippen LogP contribution in [0, 0.1) is 0 Å². The van der Waals surface area contributed by atoms with Gasteiger partial charge in [-0.25, -0.2) is 9.78 Å². The van der Waals surface area contributed by atoms with E-state index in [-0.39, 0.29) is 30.6 Å². The van der Waals surface area contributed by atoms with E-state index in [1.54, 1.807) is 43.6 Å². The molecule has 0 saturated heterocycles. The highest BCUT2D eigenvalue weighted by Crippen LogP contribution is 2.22. The summed E-state index contributed by atoms with van der Waals surface area (Å²) in [5, 5.41) is 5.27. The number of imidazole rings is 1. The summed E-state index contributed by atoms with van der Waals surface area (Å²) >= 11 is 0. The number of carbonyl (C=O) groups excluding carboxylic acids is 2. The highest BCUT2D eigenvalue weighted by molar-refractivity contribution is 5.97. The lowest BCUT2D eigenvalue weighted by Crippen LogP contribution is -2.36. The normalized spacial score (nSPS) is 10.8. The Hall–Kier alpha value is -4.14. The lowest BCUT2D eigenvalue weighted by molar-refractivity contribution is -0.120. The minimum atomic E-state index is -0.368. The van der Waals surface area contributed by atoms with Gasteiger partial charge in [0.1, 0.15) is 5.76 Å². The van der Waals surface area contributed by atoms with Gasteiger partial charge in [-0.15, -0.1) is 0 Å². The molecule has 9 heteroatoms. The molecule has 0 radical (unpaired) electrons. The Morgan fingerprint density at radius 1 is 1.13 bits per heavy atom. The Morgan fingerprint density at radius 2 is 2.00 bits per heavy atom. The van der Waals surface area contributed by atoms with Crippen LogP contribution >= 0.6 is 0 Å². The van der Waals surface area contributed by atoms with Crippen LogP contribution in [0.2, 0.25) is 0 Å². The fraction of sp³-hybridized carbons (Fsp3) is 0.143. The molecule has 3 heterocycles. The number of aromatic amines is 1. The van der Waals surface area contributed by atoms with Crippen molar-refractivity contribution in [3.63, 3.8) is 0 Å². The topological polar surface area (TPSA) is 122 Å². The van der Waals surface area contributed by atoms with Crippen LogP contribution in [0.4, 0.5) is 0 Å². The summed E-state index contributed by atoms with van der Waals surface area (Å²) in [5.41, 5.74) is 2.87. The largest absolute Gasteiger partial charge is 0.467 e. The first-order chi connectivity index (χ1) is 14.5. The van der Waals surface area contributed by atoms with Gasteiger partial charge in [-0.1, -0.05) is 12.1 Å². The lowest BCUT2D eigenvalue weighted by Gasteiger charge is -2.08. The molecule has 3 N–H and O–H groups in total. The second-order valence-electron chi connectivity index (χ2n) is 6.70. The van der Waals surface area contributed by atoms with Crippen LogP contribution in [0.1, 0.15) is 16.1 Å². The third-order valence-electron chi connectivity index (χ3n) is 4.67. The molecule has 0 atom stereocenters. The monoisotopic (exact) mass is 405 g/mol. The van der Waals surface area contributed by atoms with Crippen LogP contribution in [0.25, 0.3) is 22.3 Å². The molecule has 2 amide bonds. The summed E-state index contributed by atoms with van der Waals surface area (Å²) in [5.74, 6) is -0.0557. The van der Waals surface area contributed by atoms with Crippen molar-refractivity contribution in [2.75, 3.05) is 6.54 Å². The van der Waals surface area contributed by atoms with E-state index in [0.29, 0.717) is 22.5 Å². The molecule has 0 bridgehead atoms. The number of hydrogen-bond donors (Lipinski definition) is 3. The number of H-pyrrole nitrogens is 1. The van der Waals surface area contributed by atoms with Crippen LogP contribution in [-0.2, 0) is 18.4 Å². The molecule has 0 aliphatic rings.